The molecule has 242 valence electrons. The van der Waals surface area contributed by atoms with E-state index in [2.05, 4.69) is 5.32 Å². The van der Waals surface area contributed by atoms with Gasteiger partial charge in [0.2, 0.25) is 11.8 Å². The minimum atomic E-state index is -4.26. The maximum Gasteiger partial charge on any atom is 0.264 e. The van der Waals surface area contributed by atoms with Crippen LogP contribution in [0, 0.1) is 13.8 Å². The predicted octanol–water partition coefficient (Wildman–Crippen LogP) is 7.63. The molecule has 2 amide bonds. The van der Waals surface area contributed by atoms with Gasteiger partial charge in [-0.05, 0) is 73.4 Å². The molecule has 0 aliphatic rings. The fourth-order valence-corrected chi connectivity index (χ4v) is 7.08. The third-order valence-corrected chi connectivity index (χ3v) is 10.3. The van der Waals surface area contributed by atoms with E-state index in [0.717, 1.165) is 15.4 Å². The molecule has 0 heterocycles. The van der Waals surface area contributed by atoms with Crippen LogP contribution < -0.4 is 9.62 Å². The van der Waals surface area contributed by atoms with Gasteiger partial charge in [-0.25, -0.2) is 8.42 Å². The number of halogens is 3. The zero-order valence-corrected chi connectivity index (χ0v) is 28.9. The average Bonchev–Trinajstić information content (AvgIpc) is 3.03. The summed E-state index contributed by atoms with van der Waals surface area (Å²) >= 11 is 19.2. The second kappa shape index (κ2) is 15.8. The summed E-state index contributed by atoms with van der Waals surface area (Å²) in [4.78, 5) is 29.8. The van der Waals surface area contributed by atoms with Crippen LogP contribution in [0.1, 0.15) is 35.6 Å². The monoisotopic (exact) mass is 699 g/mol. The topological polar surface area (TPSA) is 86.8 Å². The second-order valence-corrected chi connectivity index (χ2v) is 14.1. The van der Waals surface area contributed by atoms with Crippen molar-refractivity contribution >= 4 is 62.3 Å². The number of carbonyl (C=O) groups is 2. The van der Waals surface area contributed by atoms with Crippen molar-refractivity contribution in [3.63, 3.8) is 0 Å². The van der Waals surface area contributed by atoms with E-state index in [1.54, 1.807) is 55.5 Å². The zero-order chi connectivity index (χ0) is 33.4. The molecule has 4 rings (SSSR count). The Bertz CT molecular complexity index is 1790. The Morgan fingerprint density at radius 1 is 0.848 bits per heavy atom. The molecule has 7 nitrogen and oxygen atoms in total. The standard InChI is InChI=1S/C35H36Cl3N3O4S/c1-4-19-39-35(43)33(20-26-9-6-5-7-10-26)40(22-27-15-16-28(36)21-31(27)38)34(42)23-41(32-12-8-11-30(37)25(32)3)46(44,45)29-17-13-24(2)14-18-29/h5-18,21,33H,4,19-20,22-23H2,1-3H3,(H,39,43)/t33-/m1/s1. The number of aryl methyl sites for hydroxylation is 1. The van der Waals surface area contributed by atoms with Crippen molar-refractivity contribution in [2.75, 3.05) is 17.4 Å². The Kier molecular flexibility index (Phi) is 12.1. The highest BCUT2D eigenvalue weighted by Crippen LogP contribution is 2.32. The van der Waals surface area contributed by atoms with Gasteiger partial charge in [0.25, 0.3) is 10.0 Å². The van der Waals surface area contributed by atoms with E-state index in [1.807, 2.05) is 44.2 Å². The fraction of sp³-hybridized carbons (Fsp3) is 0.257. The summed E-state index contributed by atoms with van der Waals surface area (Å²) in [5.41, 5.74) is 3.00. The molecule has 1 atom stereocenters. The molecule has 0 spiro atoms. The van der Waals surface area contributed by atoms with Gasteiger partial charge in [-0.1, -0.05) is 102 Å². The van der Waals surface area contributed by atoms with E-state index < -0.39 is 28.5 Å². The molecule has 0 unspecified atom stereocenters. The van der Waals surface area contributed by atoms with Gasteiger partial charge in [0.05, 0.1) is 10.6 Å². The zero-order valence-electron chi connectivity index (χ0n) is 25.8. The molecule has 46 heavy (non-hydrogen) atoms. The number of hydrogen-bond donors (Lipinski definition) is 1. The summed E-state index contributed by atoms with van der Waals surface area (Å²) in [6.07, 6.45) is 0.881. The van der Waals surface area contributed by atoms with Gasteiger partial charge in [-0.2, -0.15) is 0 Å². The molecule has 0 saturated heterocycles. The van der Waals surface area contributed by atoms with Crippen molar-refractivity contribution in [2.45, 2.75) is 51.1 Å². The molecule has 1 N–H and O–H groups in total. The minimum absolute atomic E-state index is 0.0131. The first-order chi connectivity index (χ1) is 21.9. The van der Waals surface area contributed by atoms with Crippen LogP contribution >= 0.6 is 34.8 Å². The summed E-state index contributed by atoms with van der Waals surface area (Å²) < 4.78 is 29.6. The molecule has 0 saturated carbocycles. The highest BCUT2D eigenvalue weighted by molar-refractivity contribution is 7.92. The summed E-state index contributed by atoms with van der Waals surface area (Å²) in [7, 11) is -4.26. The molecule has 0 aliphatic heterocycles. The lowest BCUT2D eigenvalue weighted by Gasteiger charge is -2.34. The van der Waals surface area contributed by atoms with Gasteiger partial charge in [0, 0.05) is 34.6 Å². The van der Waals surface area contributed by atoms with Crippen LogP contribution in [0.3, 0.4) is 0 Å². The van der Waals surface area contributed by atoms with E-state index in [9.17, 15) is 18.0 Å². The Morgan fingerprint density at radius 3 is 2.20 bits per heavy atom. The van der Waals surface area contributed by atoms with Gasteiger partial charge >= 0.3 is 0 Å². The maximum absolute atomic E-state index is 14.6. The third-order valence-electron chi connectivity index (χ3n) is 7.57. The number of sulfonamides is 1. The van der Waals surface area contributed by atoms with Crippen LogP contribution in [0.5, 0.6) is 0 Å². The van der Waals surface area contributed by atoms with Crippen molar-refractivity contribution < 1.29 is 18.0 Å². The number of carbonyl (C=O) groups excluding carboxylic acids is 2. The summed E-state index contributed by atoms with van der Waals surface area (Å²) in [6.45, 7) is 5.22. The van der Waals surface area contributed by atoms with E-state index in [0.29, 0.717) is 39.2 Å². The first-order valence-electron chi connectivity index (χ1n) is 14.8. The number of nitrogens with zero attached hydrogens (tertiary/aromatic N) is 2. The van der Waals surface area contributed by atoms with E-state index in [4.69, 9.17) is 34.8 Å². The molecule has 11 heteroatoms. The lowest BCUT2D eigenvalue weighted by molar-refractivity contribution is -0.140. The summed E-state index contributed by atoms with van der Waals surface area (Å²) in [5, 5.41) is 4.00. The van der Waals surface area contributed by atoms with Crippen LogP contribution in [0.2, 0.25) is 15.1 Å². The number of nitrogens with one attached hydrogen (secondary N) is 1. The molecule has 0 aliphatic carbocycles. The Hall–Kier alpha value is -3.56. The van der Waals surface area contributed by atoms with Crippen molar-refractivity contribution in [1.82, 2.24) is 10.2 Å². The number of benzene rings is 4. The lowest BCUT2D eigenvalue weighted by Crippen LogP contribution is -2.53. The van der Waals surface area contributed by atoms with E-state index in [-0.39, 0.29) is 29.5 Å². The van der Waals surface area contributed by atoms with Crippen LogP contribution in [-0.2, 0) is 32.6 Å². The normalized spacial score (nSPS) is 12.0. The highest BCUT2D eigenvalue weighted by atomic mass is 35.5. The van der Waals surface area contributed by atoms with Crippen molar-refractivity contribution in [3.8, 4) is 0 Å². The van der Waals surface area contributed by atoms with Gasteiger partial charge < -0.3 is 10.2 Å². The maximum atomic E-state index is 14.6. The molecular weight excluding hydrogens is 665 g/mol. The Labute approximate surface area is 286 Å². The average molecular weight is 701 g/mol. The molecule has 0 radical (unpaired) electrons. The smallest absolute Gasteiger partial charge is 0.264 e. The van der Waals surface area contributed by atoms with Crippen LogP contribution in [-0.4, -0.2) is 44.3 Å². The van der Waals surface area contributed by atoms with E-state index in [1.165, 1.54) is 17.0 Å². The van der Waals surface area contributed by atoms with Crippen LogP contribution in [0.25, 0.3) is 0 Å². The molecule has 4 aromatic rings. The number of amides is 2. The Balaban J connectivity index is 1.85. The first kappa shape index (κ1) is 35.3. The minimum Gasteiger partial charge on any atom is -0.354 e. The number of rotatable bonds is 13. The predicted molar refractivity (Wildman–Crippen MR) is 186 cm³/mol. The fourth-order valence-electron chi connectivity index (χ4n) is 4.97. The Morgan fingerprint density at radius 2 is 1.54 bits per heavy atom. The molecule has 0 bridgehead atoms. The van der Waals surface area contributed by atoms with Crippen LogP contribution in [0.15, 0.2) is 95.9 Å². The largest absolute Gasteiger partial charge is 0.354 e. The highest BCUT2D eigenvalue weighted by Gasteiger charge is 2.35. The van der Waals surface area contributed by atoms with Gasteiger partial charge in [-0.3, -0.25) is 13.9 Å². The van der Waals surface area contributed by atoms with Gasteiger partial charge in [0.15, 0.2) is 0 Å². The van der Waals surface area contributed by atoms with E-state index >= 15 is 0 Å². The summed E-state index contributed by atoms with van der Waals surface area (Å²) in [5.74, 6) is -0.968. The number of anilines is 1. The number of hydrogen-bond acceptors (Lipinski definition) is 4. The van der Waals surface area contributed by atoms with Crippen molar-refractivity contribution in [1.29, 1.82) is 0 Å². The molecular formula is C35H36Cl3N3O4S. The van der Waals surface area contributed by atoms with Crippen LogP contribution in [0.4, 0.5) is 5.69 Å². The SMILES string of the molecule is CCCNC(=O)[C@@H](Cc1ccccc1)N(Cc1ccc(Cl)cc1Cl)C(=O)CN(c1cccc(Cl)c1C)S(=O)(=O)c1ccc(C)cc1. The molecule has 0 aromatic heterocycles. The first-order valence-corrected chi connectivity index (χ1v) is 17.4. The van der Waals surface area contributed by atoms with Gasteiger partial charge in [-0.15, -0.1) is 0 Å². The summed E-state index contributed by atoms with van der Waals surface area (Å²) in [6, 6.07) is 24.5. The lowest BCUT2D eigenvalue weighted by atomic mass is 10.0. The molecule has 0 fully saturated rings. The molecule has 4 aromatic carbocycles. The third kappa shape index (κ3) is 8.62. The van der Waals surface area contributed by atoms with Crippen molar-refractivity contribution in [3.05, 3.63) is 128 Å². The van der Waals surface area contributed by atoms with Crippen molar-refractivity contribution in [2.24, 2.45) is 0 Å². The quantitative estimate of drug-likeness (QED) is 0.156. The second-order valence-electron chi connectivity index (χ2n) is 11.0. The van der Waals surface area contributed by atoms with Gasteiger partial charge in [0.1, 0.15) is 12.6 Å².